The monoisotopic (exact) mass is 195 g/mol. The Morgan fingerprint density at radius 2 is 2.08 bits per heavy atom. The van der Waals surface area contributed by atoms with Crippen LogP contribution in [0.5, 0.6) is 5.75 Å². The normalized spacial score (nSPS) is 10.7. The molecule has 0 spiro atoms. The Morgan fingerprint density at radius 1 is 1.31 bits per heavy atom. The molecule has 68 valence electrons. The topological polar surface area (TPSA) is 14.2 Å². The van der Waals surface area contributed by atoms with E-state index in [0.717, 1.165) is 16.7 Å². The standard InChI is InChI=1S/C10H10ClNO/c1-12-6-5-7-9(12)4-3-8(11)10(7)13-2/h3-6H,1-2H3. The molecule has 0 N–H and O–H groups in total. The molecule has 0 saturated carbocycles. The van der Waals surface area contributed by atoms with E-state index in [-0.39, 0.29) is 0 Å². The number of nitrogens with zero attached hydrogens (tertiary/aromatic N) is 1. The quantitative estimate of drug-likeness (QED) is 0.683. The van der Waals surface area contributed by atoms with Crippen molar-refractivity contribution in [3.05, 3.63) is 29.4 Å². The highest BCUT2D eigenvalue weighted by atomic mass is 35.5. The predicted octanol–water partition coefficient (Wildman–Crippen LogP) is 2.84. The largest absolute Gasteiger partial charge is 0.494 e. The number of fused-ring (bicyclic) bond motifs is 1. The molecular weight excluding hydrogens is 186 g/mol. The Bertz CT molecular complexity index is 447. The van der Waals surface area contributed by atoms with E-state index in [1.54, 1.807) is 7.11 Å². The summed E-state index contributed by atoms with van der Waals surface area (Å²) in [7, 11) is 3.63. The first-order valence-corrected chi connectivity index (χ1v) is 4.39. The lowest BCUT2D eigenvalue weighted by Gasteiger charge is -2.04. The van der Waals surface area contributed by atoms with Crippen LogP contribution in [0.15, 0.2) is 24.4 Å². The summed E-state index contributed by atoms with van der Waals surface area (Å²) in [6.07, 6.45) is 1.99. The highest BCUT2D eigenvalue weighted by Gasteiger charge is 2.07. The fraction of sp³-hybridized carbons (Fsp3) is 0.200. The lowest BCUT2D eigenvalue weighted by atomic mass is 10.2. The van der Waals surface area contributed by atoms with Gasteiger partial charge in [-0.3, -0.25) is 0 Å². The molecule has 0 fully saturated rings. The number of hydrogen-bond donors (Lipinski definition) is 0. The molecule has 2 rings (SSSR count). The van der Waals surface area contributed by atoms with Crippen LogP contribution in [0.25, 0.3) is 10.9 Å². The van der Waals surface area contributed by atoms with E-state index in [1.807, 2.05) is 36.0 Å². The van der Waals surface area contributed by atoms with Crippen LogP contribution in [-0.4, -0.2) is 11.7 Å². The molecule has 2 nitrogen and oxygen atoms in total. The van der Waals surface area contributed by atoms with Gasteiger partial charge < -0.3 is 9.30 Å². The number of aromatic nitrogens is 1. The van der Waals surface area contributed by atoms with Gasteiger partial charge in [-0.2, -0.15) is 0 Å². The maximum absolute atomic E-state index is 5.98. The number of halogens is 1. The van der Waals surface area contributed by atoms with Gasteiger partial charge in [-0.25, -0.2) is 0 Å². The number of methoxy groups -OCH3 is 1. The Labute approximate surface area is 81.7 Å². The Morgan fingerprint density at radius 3 is 2.77 bits per heavy atom. The van der Waals surface area contributed by atoms with E-state index in [4.69, 9.17) is 16.3 Å². The van der Waals surface area contributed by atoms with Crippen LogP contribution in [0.4, 0.5) is 0 Å². The van der Waals surface area contributed by atoms with E-state index in [2.05, 4.69) is 0 Å². The van der Waals surface area contributed by atoms with Crippen molar-refractivity contribution >= 4 is 22.5 Å². The van der Waals surface area contributed by atoms with Crippen LogP contribution in [-0.2, 0) is 7.05 Å². The van der Waals surface area contributed by atoms with E-state index in [9.17, 15) is 0 Å². The fourth-order valence-electron chi connectivity index (χ4n) is 1.51. The number of aryl methyl sites for hydroxylation is 1. The van der Waals surface area contributed by atoms with Gasteiger partial charge in [0.2, 0.25) is 0 Å². The molecule has 0 amide bonds. The molecule has 0 atom stereocenters. The number of benzene rings is 1. The van der Waals surface area contributed by atoms with Gasteiger partial charge in [0.05, 0.1) is 17.6 Å². The maximum Gasteiger partial charge on any atom is 0.146 e. The van der Waals surface area contributed by atoms with Crippen LogP contribution >= 0.6 is 11.6 Å². The SMILES string of the molecule is COc1c(Cl)ccc2c1ccn2C. The second kappa shape index (κ2) is 2.96. The molecule has 13 heavy (non-hydrogen) atoms. The fourth-order valence-corrected chi connectivity index (χ4v) is 1.75. The molecule has 2 aromatic rings. The molecule has 0 radical (unpaired) electrons. The summed E-state index contributed by atoms with van der Waals surface area (Å²) in [4.78, 5) is 0. The van der Waals surface area contributed by atoms with Crippen molar-refractivity contribution in [3.8, 4) is 5.75 Å². The first kappa shape index (κ1) is 8.45. The zero-order valence-electron chi connectivity index (χ0n) is 7.54. The highest BCUT2D eigenvalue weighted by Crippen LogP contribution is 2.33. The van der Waals surface area contributed by atoms with Crippen molar-refractivity contribution in [3.63, 3.8) is 0 Å². The zero-order chi connectivity index (χ0) is 9.42. The molecule has 1 aromatic carbocycles. The second-order valence-corrected chi connectivity index (χ2v) is 3.35. The third kappa shape index (κ3) is 1.18. The first-order valence-electron chi connectivity index (χ1n) is 4.01. The van der Waals surface area contributed by atoms with Crippen molar-refractivity contribution in [1.82, 2.24) is 4.57 Å². The number of hydrogen-bond acceptors (Lipinski definition) is 1. The summed E-state index contributed by atoms with van der Waals surface area (Å²) in [6.45, 7) is 0. The van der Waals surface area contributed by atoms with E-state index in [1.165, 1.54) is 0 Å². The Balaban J connectivity index is 2.85. The molecule has 0 bridgehead atoms. The Hall–Kier alpha value is -1.15. The lowest BCUT2D eigenvalue weighted by Crippen LogP contribution is -1.87. The molecule has 0 aliphatic heterocycles. The lowest BCUT2D eigenvalue weighted by molar-refractivity contribution is 0.420. The van der Waals surface area contributed by atoms with Gasteiger partial charge >= 0.3 is 0 Å². The zero-order valence-corrected chi connectivity index (χ0v) is 8.30. The third-order valence-electron chi connectivity index (χ3n) is 2.17. The van der Waals surface area contributed by atoms with Crippen molar-refractivity contribution in [1.29, 1.82) is 0 Å². The summed E-state index contributed by atoms with van der Waals surface area (Å²) in [5, 5.41) is 1.71. The average Bonchev–Trinajstić information content (AvgIpc) is 2.48. The van der Waals surface area contributed by atoms with Crippen molar-refractivity contribution in [2.75, 3.05) is 7.11 Å². The molecule has 3 heteroatoms. The van der Waals surface area contributed by atoms with Crippen LogP contribution in [0, 0.1) is 0 Å². The smallest absolute Gasteiger partial charge is 0.146 e. The molecule has 0 unspecified atom stereocenters. The minimum absolute atomic E-state index is 0.654. The third-order valence-corrected chi connectivity index (χ3v) is 2.47. The first-order chi connectivity index (χ1) is 6.24. The predicted molar refractivity (Wildman–Crippen MR) is 54.5 cm³/mol. The Kier molecular flexibility index (Phi) is 1.93. The summed E-state index contributed by atoms with van der Waals surface area (Å²) in [5.74, 6) is 0.750. The van der Waals surface area contributed by atoms with Gasteiger partial charge in [0.1, 0.15) is 5.75 Å². The highest BCUT2D eigenvalue weighted by molar-refractivity contribution is 6.33. The molecular formula is C10H10ClNO. The minimum atomic E-state index is 0.654. The summed E-state index contributed by atoms with van der Waals surface area (Å²) >= 11 is 5.98. The van der Waals surface area contributed by atoms with Gasteiger partial charge in [0.25, 0.3) is 0 Å². The van der Waals surface area contributed by atoms with E-state index >= 15 is 0 Å². The molecule has 0 aliphatic carbocycles. The van der Waals surface area contributed by atoms with E-state index in [0.29, 0.717) is 5.02 Å². The van der Waals surface area contributed by atoms with Crippen LogP contribution < -0.4 is 4.74 Å². The van der Waals surface area contributed by atoms with Crippen LogP contribution in [0.3, 0.4) is 0 Å². The number of rotatable bonds is 1. The molecule has 1 heterocycles. The van der Waals surface area contributed by atoms with Gasteiger partial charge in [0.15, 0.2) is 0 Å². The van der Waals surface area contributed by atoms with Gasteiger partial charge in [-0.1, -0.05) is 11.6 Å². The van der Waals surface area contributed by atoms with E-state index < -0.39 is 0 Å². The van der Waals surface area contributed by atoms with Crippen molar-refractivity contribution in [2.24, 2.45) is 7.05 Å². The molecule has 1 aromatic heterocycles. The average molecular weight is 196 g/mol. The van der Waals surface area contributed by atoms with Crippen LogP contribution in [0.2, 0.25) is 5.02 Å². The maximum atomic E-state index is 5.98. The summed E-state index contributed by atoms with van der Waals surface area (Å²) in [6, 6.07) is 5.84. The van der Waals surface area contributed by atoms with Crippen molar-refractivity contribution in [2.45, 2.75) is 0 Å². The van der Waals surface area contributed by atoms with Gasteiger partial charge in [-0.05, 0) is 18.2 Å². The van der Waals surface area contributed by atoms with Crippen LogP contribution in [0.1, 0.15) is 0 Å². The van der Waals surface area contributed by atoms with Gasteiger partial charge in [0, 0.05) is 18.6 Å². The van der Waals surface area contributed by atoms with Gasteiger partial charge in [-0.15, -0.1) is 0 Å². The minimum Gasteiger partial charge on any atom is -0.494 e. The summed E-state index contributed by atoms with van der Waals surface area (Å²) in [5.41, 5.74) is 1.13. The summed E-state index contributed by atoms with van der Waals surface area (Å²) < 4.78 is 7.26. The molecule has 0 aliphatic rings. The number of ether oxygens (including phenoxy) is 1. The van der Waals surface area contributed by atoms with Crippen molar-refractivity contribution < 1.29 is 4.74 Å². The second-order valence-electron chi connectivity index (χ2n) is 2.94. The molecule has 0 saturated heterocycles.